The number of fused-ring (bicyclic) bond motifs is 3. The van der Waals surface area contributed by atoms with Crippen molar-refractivity contribution in [3.8, 4) is 0 Å². The molecule has 0 aromatic heterocycles. The van der Waals surface area contributed by atoms with Crippen LogP contribution in [0.3, 0.4) is 0 Å². The Morgan fingerprint density at radius 3 is 2.19 bits per heavy atom. The number of carbonyl (C=O) groups is 4. The quantitative estimate of drug-likeness (QED) is 0.239. The van der Waals surface area contributed by atoms with Crippen LogP contribution in [0.2, 0.25) is 10.0 Å². The number of hydrogen-bond donors (Lipinski definition) is 0. The molecular weight excluding hydrogens is 592 g/mol. The summed E-state index contributed by atoms with van der Waals surface area (Å²) in [5, 5.41) is 0.831. The second-order valence-electron chi connectivity index (χ2n) is 11.8. The predicted octanol–water partition coefficient (Wildman–Crippen LogP) is 6.57. The Morgan fingerprint density at radius 1 is 0.814 bits per heavy atom. The minimum atomic E-state index is -1.72. The third kappa shape index (κ3) is 4.21. The predicted molar refractivity (Wildman–Crippen MR) is 159 cm³/mol. The van der Waals surface area contributed by atoms with Gasteiger partial charge in [0.05, 0.1) is 23.6 Å². The molecule has 3 aromatic carbocycles. The summed E-state index contributed by atoms with van der Waals surface area (Å²) in [5.74, 6) is -4.01. The number of amides is 5. The Labute approximate surface area is 258 Å². The highest BCUT2D eigenvalue weighted by Gasteiger charge is 2.77. The van der Waals surface area contributed by atoms with Gasteiger partial charge in [-0.1, -0.05) is 72.8 Å². The van der Waals surface area contributed by atoms with Crippen molar-refractivity contribution in [2.45, 2.75) is 56.1 Å². The van der Waals surface area contributed by atoms with Gasteiger partial charge in [-0.2, -0.15) is 0 Å². The molecule has 3 aromatic rings. The number of urea groups is 1. The van der Waals surface area contributed by atoms with E-state index in [9.17, 15) is 23.6 Å². The Balaban J connectivity index is 1.45. The van der Waals surface area contributed by atoms with E-state index in [-0.39, 0.29) is 24.1 Å². The number of nitrogens with zero attached hydrogens (tertiary/aromatic N) is 3. The maximum atomic E-state index is 14.9. The molecule has 4 fully saturated rings. The minimum Gasteiger partial charge on any atom is -0.300 e. The molecular formula is C33H28Cl2FN3O4. The summed E-state index contributed by atoms with van der Waals surface area (Å²) in [7, 11) is 0. The van der Waals surface area contributed by atoms with Gasteiger partial charge >= 0.3 is 6.03 Å². The van der Waals surface area contributed by atoms with E-state index >= 15 is 0 Å². The van der Waals surface area contributed by atoms with Crippen LogP contribution in [0.1, 0.15) is 49.3 Å². The van der Waals surface area contributed by atoms with Gasteiger partial charge in [0, 0.05) is 22.5 Å². The van der Waals surface area contributed by atoms with Gasteiger partial charge in [0.15, 0.2) is 0 Å². The van der Waals surface area contributed by atoms with E-state index in [0.29, 0.717) is 34.0 Å². The largest absolute Gasteiger partial charge is 0.332 e. The van der Waals surface area contributed by atoms with Crippen LogP contribution in [0, 0.1) is 17.7 Å². The van der Waals surface area contributed by atoms with Crippen LogP contribution in [0.4, 0.5) is 14.9 Å². The van der Waals surface area contributed by atoms with Crippen LogP contribution in [-0.4, -0.2) is 45.1 Å². The zero-order valence-corrected chi connectivity index (χ0v) is 24.6. The van der Waals surface area contributed by atoms with Crippen molar-refractivity contribution in [2.24, 2.45) is 11.8 Å². The van der Waals surface area contributed by atoms with Crippen LogP contribution < -0.4 is 4.90 Å². The lowest BCUT2D eigenvalue weighted by molar-refractivity contribution is -0.147. The lowest BCUT2D eigenvalue weighted by atomic mass is 9.75. The van der Waals surface area contributed by atoms with E-state index in [4.69, 9.17) is 23.2 Å². The molecule has 1 saturated carbocycles. The fourth-order valence-corrected chi connectivity index (χ4v) is 8.06. The first-order valence-corrected chi connectivity index (χ1v) is 15.3. The average molecular weight is 621 g/mol. The van der Waals surface area contributed by atoms with Gasteiger partial charge in [-0.25, -0.2) is 14.1 Å². The van der Waals surface area contributed by atoms with Crippen molar-refractivity contribution in [2.75, 3.05) is 4.90 Å². The zero-order chi connectivity index (χ0) is 30.0. The van der Waals surface area contributed by atoms with Crippen molar-refractivity contribution in [3.63, 3.8) is 0 Å². The summed E-state index contributed by atoms with van der Waals surface area (Å²) in [5.41, 5.74) is -0.288. The molecule has 4 aliphatic rings. The molecule has 0 unspecified atom stereocenters. The smallest absolute Gasteiger partial charge is 0.300 e. The molecule has 220 valence electrons. The number of anilines is 1. The fraction of sp³-hybridized carbons (Fsp3) is 0.333. The second kappa shape index (κ2) is 10.5. The summed E-state index contributed by atoms with van der Waals surface area (Å²) >= 11 is 12.5. The topological polar surface area (TPSA) is 78.0 Å². The second-order valence-corrected chi connectivity index (χ2v) is 12.7. The number of benzene rings is 3. The summed E-state index contributed by atoms with van der Waals surface area (Å²) in [6.45, 7) is 0. The van der Waals surface area contributed by atoms with E-state index in [1.807, 2.05) is 0 Å². The molecule has 5 amide bonds. The summed E-state index contributed by atoms with van der Waals surface area (Å²) < 4.78 is 14.1. The average Bonchev–Trinajstić information content (AvgIpc) is 3.52. The first-order valence-electron chi connectivity index (χ1n) is 14.5. The van der Waals surface area contributed by atoms with Crippen LogP contribution in [0.15, 0.2) is 72.8 Å². The normalized spacial score (nSPS) is 27.3. The van der Waals surface area contributed by atoms with Gasteiger partial charge in [0.2, 0.25) is 11.8 Å². The number of hydrogen-bond acceptors (Lipinski definition) is 4. The third-order valence-electron chi connectivity index (χ3n) is 9.52. The summed E-state index contributed by atoms with van der Waals surface area (Å²) in [6, 6.07) is 17.0. The van der Waals surface area contributed by atoms with Crippen molar-refractivity contribution < 1.29 is 23.6 Å². The Morgan fingerprint density at radius 2 is 1.51 bits per heavy atom. The van der Waals surface area contributed by atoms with Gasteiger partial charge in [-0.3, -0.25) is 19.3 Å². The molecule has 7 nitrogen and oxygen atoms in total. The number of imide groups is 2. The monoisotopic (exact) mass is 619 g/mol. The molecule has 1 aliphatic carbocycles. The number of halogens is 3. The van der Waals surface area contributed by atoms with Crippen LogP contribution in [0.5, 0.6) is 0 Å². The van der Waals surface area contributed by atoms with Crippen molar-refractivity contribution in [3.05, 3.63) is 99.8 Å². The highest BCUT2D eigenvalue weighted by molar-refractivity contribution is 6.32. The highest BCUT2D eigenvalue weighted by Crippen LogP contribution is 2.60. The molecule has 10 heteroatoms. The maximum Gasteiger partial charge on any atom is 0.332 e. The van der Waals surface area contributed by atoms with Crippen molar-refractivity contribution in [1.82, 2.24) is 9.80 Å². The highest BCUT2D eigenvalue weighted by atomic mass is 35.5. The van der Waals surface area contributed by atoms with Gasteiger partial charge in [-0.15, -0.1) is 0 Å². The number of likely N-dealkylation sites (tertiary alicyclic amines) is 1. The fourth-order valence-electron chi connectivity index (χ4n) is 7.75. The molecule has 4 atom stereocenters. The number of rotatable bonds is 5. The van der Waals surface area contributed by atoms with E-state index in [1.165, 1.54) is 40.1 Å². The molecule has 3 saturated heterocycles. The molecule has 0 N–H and O–H groups in total. The standard InChI is InChI=1S/C33H28Cl2FN3O4/c34-21-13-9-19(10-14-21)18-33-27-26(29(40)37(30(27)41)24-6-2-1-3-7-24)28(20-11-15-23(36)16-12-20)39(33)32(43)38(31(33)42)25-8-4-5-22(35)17-25/h4-5,8-17,24,26-28H,1-3,6-7,18H2/t26-,27-,28-,33-/m1/s1. The lowest BCUT2D eigenvalue weighted by Crippen LogP contribution is -2.56. The first-order chi connectivity index (χ1) is 20.7. The van der Waals surface area contributed by atoms with Gasteiger partial charge < -0.3 is 4.90 Å². The van der Waals surface area contributed by atoms with Crippen LogP contribution in [-0.2, 0) is 20.8 Å². The first kappa shape index (κ1) is 28.0. The molecule has 0 radical (unpaired) electrons. The molecule has 0 bridgehead atoms. The number of carbonyl (C=O) groups excluding carboxylic acids is 4. The SMILES string of the molecule is O=C1[C@H]2[C@@H](c3ccc(F)cc3)N3C(=O)N(c4cccc(Cl)c4)C(=O)[C@@]3(Cc3ccc(Cl)cc3)[C@H]2C(=O)N1C1CCCCC1. The Bertz CT molecular complexity index is 1640. The van der Waals surface area contributed by atoms with Crippen molar-refractivity contribution >= 4 is 52.6 Å². The van der Waals surface area contributed by atoms with E-state index < -0.39 is 47.1 Å². The minimum absolute atomic E-state index is 0.0117. The third-order valence-corrected chi connectivity index (χ3v) is 10.0. The van der Waals surface area contributed by atoms with Gasteiger partial charge in [0.25, 0.3) is 5.91 Å². The molecule has 0 spiro atoms. The van der Waals surface area contributed by atoms with Crippen LogP contribution >= 0.6 is 23.2 Å². The molecule has 43 heavy (non-hydrogen) atoms. The summed E-state index contributed by atoms with van der Waals surface area (Å²) in [6.07, 6.45) is 4.23. The van der Waals surface area contributed by atoms with E-state index in [0.717, 1.165) is 24.2 Å². The lowest BCUT2D eigenvalue weighted by Gasteiger charge is -2.37. The Kier molecular flexibility index (Phi) is 6.82. The van der Waals surface area contributed by atoms with Crippen molar-refractivity contribution in [1.29, 1.82) is 0 Å². The zero-order valence-electron chi connectivity index (χ0n) is 23.1. The van der Waals surface area contributed by atoms with Gasteiger partial charge in [0.1, 0.15) is 11.4 Å². The van der Waals surface area contributed by atoms with E-state index in [2.05, 4.69) is 0 Å². The molecule has 7 rings (SSSR count). The maximum absolute atomic E-state index is 14.9. The van der Waals surface area contributed by atoms with Gasteiger partial charge in [-0.05, 0) is 66.4 Å². The molecule has 3 aliphatic heterocycles. The Hall–Kier alpha value is -3.75. The van der Waals surface area contributed by atoms with E-state index in [1.54, 1.807) is 42.5 Å². The summed E-state index contributed by atoms with van der Waals surface area (Å²) in [4.78, 5) is 62.1. The van der Waals surface area contributed by atoms with Crippen LogP contribution in [0.25, 0.3) is 0 Å². The molecule has 3 heterocycles.